The fraction of sp³-hybridized carbons (Fsp3) is 0.667. The van der Waals surface area contributed by atoms with Crippen molar-refractivity contribution in [1.29, 1.82) is 0 Å². The molecule has 0 unspecified atom stereocenters. The zero-order chi connectivity index (χ0) is 9.80. The second-order valence-electron chi connectivity index (χ2n) is 4.02. The van der Waals surface area contributed by atoms with Crippen LogP contribution >= 0.6 is 0 Å². The summed E-state index contributed by atoms with van der Waals surface area (Å²) >= 11 is 0. The summed E-state index contributed by atoms with van der Waals surface area (Å²) in [5.74, 6) is 1.04. The molecule has 2 nitrogen and oxygen atoms in total. The molecule has 0 spiro atoms. The normalized spacial score (nSPS) is 22.1. The van der Waals surface area contributed by atoms with E-state index in [-0.39, 0.29) is 0 Å². The first-order valence-electron chi connectivity index (χ1n) is 5.68. The summed E-state index contributed by atoms with van der Waals surface area (Å²) in [5, 5.41) is 3.58. The Labute approximate surface area is 86.0 Å². The molecule has 0 radical (unpaired) electrons. The molecule has 0 aromatic heterocycles. The standard InChI is InChI=1S/C12H19NO/c1-2-14-12-8-4-7-11(9-12)13-10-5-3-6-10/h8-10,13H,2-7H2,1H3. The van der Waals surface area contributed by atoms with Crippen LogP contribution in [-0.4, -0.2) is 12.6 Å². The molecule has 0 aliphatic heterocycles. The zero-order valence-corrected chi connectivity index (χ0v) is 8.88. The van der Waals surface area contributed by atoms with Crippen LogP contribution in [0.3, 0.4) is 0 Å². The van der Waals surface area contributed by atoms with Gasteiger partial charge in [-0.1, -0.05) is 0 Å². The van der Waals surface area contributed by atoms with Crippen molar-refractivity contribution >= 4 is 0 Å². The lowest BCUT2D eigenvalue weighted by atomic mass is 9.92. The average molecular weight is 193 g/mol. The van der Waals surface area contributed by atoms with E-state index in [4.69, 9.17) is 4.74 Å². The molecule has 2 aliphatic rings. The summed E-state index contributed by atoms with van der Waals surface area (Å²) in [5.41, 5.74) is 1.36. The van der Waals surface area contributed by atoms with E-state index in [9.17, 15) is 0 Å². The number of hydrogen-bond acceptors (Lipinski definition) is 2. The van der Waals surface area contributed by atoms with Gasteiger partial charge in [-0.25, -0.2) is 0 Å². The highest BCUT2D eigenvalue weighted by Crippen LogP contribution is 2.23. The molecular formula is C12H19NO. The molecule has 0 aromatic rings. The lowest BCUT2D eigenvalue weighted by molar-refractivity contribution is 0.238. The molecule has 1 fully saturated rings. The summed E-state index contributed by atoms with van der Waals surface area (Å²) in [4.78, 5) is 0. The Bertz CT molecular complexity index is 251. The fourth-order valence-corrected chi connectivity index (χ4v) is 1.87. The van der Waals surface area contributed by atoms with Gasteiger partial charge in [0, 0.05) is 11.7 Å². The second-order valence-corrected chi connectivity index (χ2v) is 4.02. The Kier molecular flexibility index (Phi) is 3.12. The van der Waals surface area contributed by atoms with Gasteiger partial charge in [-0.2, -0.15) is 0 Å². The summed E-state index contributed by atoms with van der Waals surface area (Å²) in [6.45, 7) is 2.79. The first-order chi connectivity index (χ1) is 6.88. The Morgan fingerprint density at radius 2 is 2.36 bits per heavy atom. The molecule has 0 aromatic carbocycles. The number of rotatable bonds is 4. The molecule has 2 aliphatic carbocycles. The predicted octanol–water partition coefficient (Wildman–Crippen LogP) is 2.73. The van der Waals surface area contributed by atoms with Crippen LogP contribution in [0.4, 0.5) is 0 Å². The quantitative estimate of drug-likeness (QED) is 0.741. The first-order valence-corrected chi connectivity index (χ1v) is 5.68. The lowest BCUT2D eigenvalue weighted by Crippen LogP contribution is -2.34. The molecule has 0 bridgehead atoms. The highest BCUT2D eigenvalue weighted by atomic mass is 16.5. The van der Waals surface area contributed by atoms with E-state index in [0.717, 1.165) is 31.2 Å². The topological polar surface area (TPSA) is 21.3 Å². The number of hydrogen-bond donors (Lipinski definition) is 1. The van der Waals surface area contributed by atoms with Crippen molar-refractivity contribution in [2.24, 2.45) is 0 Å². The van der Waals surface area contributed by atoms with Gasteiger partial charge < -0.3 is 10.1 Å². The highest BCUT2D eigenvalue weighted by Gasteiger charge is 2.18. The maximum Gasteiger partial charge on any atom is 0.117 e. The van der Waals surface area contributed by atoms with Crippen molar-refractivity contribution in [3.05, 3.63) is 23.6 Å². The van der Waals surface area contributed by atoms with Crippen molar-refractivity contribution in [1.82, 2.24) is 5.32 Å². The summed E-state index contributed by atoms with van der Waals surface area (Å²) < 4.78 is 5.49. The van der Waals surface area contributed by atoms with Gasteiger partial charge in [-0.05, 0) is 51.2 Å². The minimum Gasteiger partial charge on any atom is -0.494 e. The van der Waals surface area contributed by atoms with Crippen molar-refractivity contribution < 1.29 is 4.74 Å². The summed E-state index contributed by atoms with van der Waals surface area (Å²) in [6, 6.07) is 0.738. The Balaban J connectivity index is 1.87. The van der Waals surface area contributed by atoms with Gasteiger partial charge in [0.2, 0.25) is 0 Å². The van der Waals surface area contributed by atoms with Crippen LogP contribution in [0.2, 0.25) is 0 Å². The van der Waals surface area contributed by atoms with E-state index in [0.29, 0.717) is 0 Å². The molecule has 78 valence electrons. The maximum absolute atomic E-state index is 5.49. The van der Waals surface area contributed by atoms with Gasteiger partial charge in [0.1, 0.15) is 5.76 Å². The number of ether oxygens (including phenoxy) is 1. The van der Waals surface area contributed by atoms with Crippen molar-refractivity contribution in [2.75, 3.05) is 6.61 Å². The minimum atomic E-state index is 0.738. The van der Waals surface area contributed by atoms with E-state index < -0.39 is 0 Å². The molecule has 2 heteroatoms. The second kappa shape index (κ2) is 4.54. The third kappa shape index (κ3) is 2.31. The molecule has 14 heavy (non-hydrogen) atoms. The fourth-order valence-electron chi connectivity index (χ4n) is 1.87. The highest BCUT2D eigenvalue weighted by molar-refractivity contribution is 5.23. The average Bonchev–Trinajstić information content (AvgIpc) is 2.13. The molecule has 2 rings (SSSR count). The predicted molar refractivity (Wildman–Crippen MR) is 57.8 cm³/mol. The Morgan fingerprint density at radius 3 is 3.00 bits per heavy atom. The van der Waals surface area contributed by atoms with Gasteiger partial charge in [0.15, 0.2) is 0 Å². The van der Waals surface area contributed by atoms with Crippen molar-refractivity contribution in [3.63, 3.8) is 0 Å². The summed E-state index contributed by atoms with van der Waals surface area (Å²) in [6.07, 6.45) is 10.7. The van der Waals surface area contributed by atoms with Crippen LogP contribution in [0.15, 0.2) is 23.6 Å². The van der Waals surface area contributed by atoms with Crippen molar-refractivity contribution in [3.8, 4) is 0 Å². The van der Waals surface area contributed by atoms with Crippen LogP contribution in [0.25, 0.3) is 0 Å². The van der Waals surface area contributed by atoms with Gasteiger partial charge in [0.25, 0.3) is 0 Å². The van der Waals surface area contributed by atoms with E-state index in [1.807, 2.05) is 6.92 Å². The van der Waals surface area contributed by atoms with Gasteiger partial charge in [0.05, 0.1) is 6.61 Å². The van der Waals surface area contributed by atoms with Gasteiger partial charge >= 0.3 is 0 Å². The van der Waals surface area contributed by atoms with E-state index in [2.05, 4.69) is 17.5 Å². The Hall–Kier alpha value is -0.920. The molecule has 1 saturated carbocycles. The Morgan fingerprint density at radius 1 is 1.50 bits per heavy atom. The van der Waals surface area contributed by atoms with Crippen LogP contribution in [0, 0.1) is 0 Å². The van der Waals surface area contributed by atoms with E-state index in [1.165, 1.54) is 25.0 Å². The molecule has 0 saturated heterocycles. The smallest absolute Gasteiger partial charge is 0.117 e. The van der Waals surface area contributed by atoms with Crippen molar-refractivity contribution in [2.45, 2.75) is 45.1 Å². The molecule has 0 atom stereocenters. The number of nitrogens with one attached hydrogen (secondary N) is 1. The van der Waals surface area contributed by atoms with Gasteiger partial charge in [-0.15, -0.1) is 0 Å². The largest absolute Gasteiger partial charge is 0.494 e. The molecule has 0 heterocycles. The van der Waals surface area contributed by atoms with Crippen LogP contribution in [-0.2, 0) is 4.74 Å². The molecule has 1 N–H and O–H groups in total. The van der Waals surface area contributed by atoms with Crippen LogP contribution < -0.4 is 5.32 Å². The van der Waals surface area contributed by atoms with Crippen LogP contribution in [0.5, 0.6) is 0 Å². The zero-order valence-electron chi connectivity index (χ0n) is 8.88. The van der Waals surface area contributed by atoms with E-state index in [1.54, 1.807) is 0 Å². The minimum absolute atomic E-state index is 0.738. The first kappa shape index (κ1) is 9.63. The monoisotopic (exact) mass is 193 g/mol. The lowest BCUT2D eigenvalue weighted by Gasteiger charge is -2.29. The SMILES string of the molecule is CCOC1=CCCC(NC2CCC2)=C1. The third-order valence-corrected chi connectivity index (χ3v) is 2.88. The number of allylic oxidation sites excluding steroid dienone is 3. The molecule has 0 amide bonds. The molecular weight excluding hydrogens is 174 g/mol. The summed E-state index contributed by atoms with van der Waals surface area (Å²) in [7, 11) is 0. The van der Waals surface area contributed by atoms with E-state index >= 15 is 0 Å². The van der Waals surface area contributed by atoms with Crippen LogP contribution in [0.1, 0.15) is 39.0 Å². The third-order valence-electron chi connectivity index (χ3n) is 2.88. The maximum atomic E-state index is 5.49. The van der Waals surface area contributed by atoms with Gasteiger partial charge in [-0.3, -0.25) is 0 Å².